The lowest BCUT2D eigenvalue weighted by Crippen LogP contribution is -2.00. The molecule has 0 fully saturated rings. The normalized spacial score (nSPS) is 12.0. The Morgan fingerprint density at radius 2 is 2.00 bits per heavy atom. The fourth-order valence-electron chi connectivity index (χ4n) is 0.672. The van der Waals surface area contributed by atoms with E-state index in [-0.39, 0.29) is 4.88 Å². The van der Waals surface area contributed by atoms with Gasteiger partial charge in [0.05, 0.1) is 11.5 Å². The number of hydrogen-bond acceptors (Lipinski definition) is 3. The number of rotatable bonds is 1. The summed E-state index contributed by atoms with van der Waals surface area (Å²) in [6.07, 6.45) is -4.45. The van der Waals surface area contributed by atoms with Crippen LogP contribution >= 0.6 is 11.3 Å². The number of aromatic hydroxyl groups is 1. The highest BCUT2D eigenvalue weighted by Crippen LogP contribution is 2.39. The van der Waals surface area contributed by atoms with Gasteiger partial charge in [-0.25, -0.2) is 0 Å². The predicted octanol–water partition coefficient (Wildman–Crippen LogP) is 1.96. The predicted molar refractivity (Wildman–Crippen MR) is 36.9 cm³/mol. The second-order valence-corrected chi connectivity index (χ2v) is 3.21. The van der Waals surface area contributed by atoms with Crippen LogP contribution in [0.15, 0.2) is 6.07 Å². The zero-order valence-corrected chi connectivity index (χ0v) is 6.54. The van der Waals surface area contributed by atoms with E-state index in [1.165, 1.54) is 0 Å². The van der Waals surface area contributed by atoms with Crippen molar-refractivity contribution < 1.29 is 23.4 Å². The summed E-state index contributed by atoms with van der Waals surface area (Å²) in [7, 11) is 0. The molecule has 0 radical (unpaired) electrons. The Hall–Kier alpha value is -0.750. The van der Waals surface area contributed by atoms with Crippen molar-refractivity contribution in [2.75, 3.05) is 0 Å². The highest BCUT2D eigenvalue weighted by Gasteiger charge is 2.33. The lowest BCUT2D eigenvalue weighted by molar-refractivity contribution is -0.134. The Bertz CT molecular complexity index is 279. The molecule has 2 N–H and O–H groups in total. The summed E-state index contributed by atoms with van der Waals surface area (Å²) in [4.78, 5) is -0.966. The van der Waals surface area contributed by atoms with E-state index in [0.29, 0.717) is 17.4 Å². The lowest BCUT2D eigenvalue weighted by Gasteiger charge is -1.99. The van der Waals surface area contributed by atoms with Gasteiger partial charge in [-0.1, -0.05) is 0 Å². The molecule has 0 aliphatic heterocycles. The fourth-order valence-corrected chi connectivity index (χ4v) is 1.45. The molecule has 0 saturated carbocycles. The highest BCUT2D eigenvalue weighted by atomic mass is 32.1. The van der Waals surface area contributed by atoms with Crippen molar-refractivity contribution in [2.45, 2.75) is 12.8 Å². The first-order chi connectivity index (χ1) is 5.45. The Labute approximate surface area is 69.9 Å². The molecular weight excluding hydrogens is 193 g/mol. The molecule has 0 unspecified atom stereocenters. The zero-order valence-electron chi connectivity index (χ0n) is 5.72. The van der Waals surface area contributed by atoms with Crippen molar-refractivity contribution in [2.24, 2.45) is 0 Å². The molecule has 1 rings (SSSR count). The summed E-state index contributed by atoms with van der Waals surface area (Å²) in [5, 5.41) is 17.3. The van der Waals surface area contributed by atoms with Crippen molar-refractivity contribution >= 4 is 11.3 Å². The molecule has 0 spiro atoms. The quantitative estimate of drug-likeness (QED) is 0.724. The van der Waals surface area contributed by atoms with Gasteiger partial charge in [-0.2, -0.15) is 13.2 Å². The van der Waals surface area contributed by atoms with Gasteiger partial charge in [-0.05, 0) is 0 Å². The van der Waals surface area contributed by atoms with Crippen LogP contribution in [-0.4, -0.2) is 10.2 Å². The molecule has 0 aromatic carbocycles. The smallest absolute Gasteiger partial charge is 0.425 e. The third-order valence-corrected chi connectivity index (χ3v) is 2.36. The second-order valence-electron chi connectivity index (χ2n) is 2.07. The van der Waals surface area contributed by atoms with Crippen molar-refractivity contribution in [3.63, 3.8) is 0 Å². The number of thiophene rings is 1. The molecule has 0 bridgehead atoms. The Morgan fingerprint density at radius 1 is 1.42 bits per heavy atom. The van der Waals surface area contributed by atoms with Crippen LogP contribution < -0.4 is 0 Å². The maximum atomic E-state index is 11.9. The van der Waals surface area contributed by atoms with E-state index in [4.69, 9.17) is 10.2 Å². The molecule has 12 heavy (non-hydrogen) atoms. The van der Waals surface area contributed by atoms with Gasteiger partial charge in [0.2, 0.25) is 0 Å². The topological polar surface area (TPSA) is 40.5 Å². The van der Waals surface area contributed by atoms with Gasteiger partial charge in [0, 0.05) is 6.07 Å². The molecule has 0 amide bonds. The molecule has 0 saturated heterocycles. The Kier molecular flexibility index (Phi) is 2.29. The first kappa shape index (κ1) is 9.34. The number of aliphatic hydroxyl groups is 1. The largest absolute Gasteiger partial charge is 0.507 e. The standard InChI is InChI=1S/C6H5F3O2S/c7-6(8,9)5-1-3(11)4(2-10)12-5/h1,10-11H,2H2. The average molecular weight is 198 g/mol. The summed E-state index contributed by atoms with van der Waals surface area (Å²) in [6.45, 7) is -0.577. The van der Waals surface area contributed by atoms with Gasteiger partial charge in [-0.3, -0.25) is 0 Å². The Morgan fingerprint density at radius 3 is 2.25 bits per heavy atom. The highest BCUT2D eigenvalue weighted by molar-refractivity contribution is 7.12. The van der Waals surface area contributed by atoms with E-state index in [1.54, 1.807) is 0 Å². The first-order valence-corrected chi connectivity index (χ1v) is 3.76. The summed E-state index contributed by atoms with van der Waals surface area (Å²) in [5.74, 6) is -0.505. The molecular formula is C6H5F3O2S. The Balaban J connectivity index is 3.05. The van der Waals surface area contributed by atoms with Crippen molar-refractivity contribution in [1.29, 1.82) is 0 Å². The number of alkyl halides is 3. The van der Waals surface area contributed by atoms with E-state index in [1.807, 2.05) is 0 Å². The maximum absolute atomic E-state index is 11.9. The number of halogens is 3. The molecule has 68 valence electrons. The van der Waals surface area contributed by atoms with E-state index in [0.717, 1.165) is 0 Å². The summed E-state index contributed by atoms with van der Waals surface area (Å²) in [6, 6.07) is 0.607. The molecule has 1 aromatic heterocycles. The van der Waals surface area contributed by atoms with Gasteiger partial charge in [0.15, 0.2) is 0 Å². The monoisotopic (exact) mass is 198 g/mol. The van der Waals surface area contributed by atoms with Gasteiger partial charge in [-0.15, -0.1) is 11.3 Å². The molecule has 6 heteroatoms. The van der Waals surface area contributed by atoms with Crippen LogP contribution in [0, 0.1) is 0 Å². The van der Waals surface area contributed by atoms with Crippen LogP contribution in [-0.2, 0) is 12.8 Å². The zero-order chi connectivity index (χ0) is 9.35. The van der Waals surface area contributed by atoms with Gasteiger partial charge >= 0.3 is 6.18 Å². The molecule has 0 aliphatic rings. The maximum Gasteiger partial charge on any atom is 0.425 e. The second kappa shape index (κ2) is 2.95. The van der Waals surface area contributed by atoms with Crippen LogP contribution in [0.2, 0.25) is 0 Å². The van der Waals surface area contributed by atoms with Gasteiger partial charge in [0.1, 0.15) is 10.6 Å². The summed E-state index contributed by atoms with van der Waals surface area (Å²) < 4.78 is 35.8. The number of aliphatic hydroxyl groups excluding tert-OH is 1. The van der Waals surface area contributed by atoms with E-state index < -0.39 is 23.4 Å². The molecule has 2 nitrogen and oxygen atoms in total. The SMILES string of the molecule is OCc1sc(C(F)(F)F)cc1O. The van der Waals surface area contributed by atoms with E-state index >= 15 is 0 Å². The van der Waals surface area contributed by atoms with Crippen molar-refractivity contribution in [1.82, 2.24) is 0 Å². The van der Waals surface area contributed by atoms with E-state index in [2.05, 4.69) is 0 Å². The lowest BCUT2D eigenvalue weighted by atomic mass is 10.4. The van der Waals surface area contributed by atoms with E-state index in [9.17, 15) is 13.2 Å². The van der Waals surface area contributed by atoms with Crippen LogP contribution in [0.5, 0.6) is 5.75 Å². The molecule has 1 aromatic rings. The molecule has 0 atom stereocenters. The van der Waals surface area contributed by atoms with Crippen molar-refractivity contribution in [3.05, 3.63) is 15.8 Å². The average Bonchev–Trinajstić information content (AvgIpc) is 2.29. The third kappa shape index (κ3) is 1.70. The summed E-state index contributed by atoms with van der Waals surface area (Å²) >= 11 is 0.341. The van der Waals surface area contributed by atoms with Crippen molar-refractivity contribution in [3.8, 4) is 5.75 Å². The van der Waals surface area contributed by atoms with Crippen LogP contribution in [0.25, 0.3) is 0 Å². The van der Waals surface area contributed by atoms with Crippen LogP contribution in [0.3, 0.4) is 0 Å². The minimum absolute atomic E-state index is 0.0673. The third-order valence-electron chi connectivity index (χ3n) is 1.21. The van der Waals surface area contributed by atoms with Gasteiger partial charge in [0.25, 0.3) is 0 Å². The van der Waals surface area contributed by atoms with Crippen LogP contribution in [0.4, 0.5) is 13.2 Å². The minimum Gasteiger partial charge on any atom is -0.507 e. The molecule has 1 heterocycles. The van der Waals surface area contributed by atoms with Gasteiger partial charge < -0.3 is 10.2 Å². The van der Waals surface area contributed by atoms with Crippen LogP contribution in [0.1, 0.15) is 9.75 Å². The minimum atomic E-state index is -4.45. The molecule has 0 aliphatic carbocycles. The number of hydrogen-bond donors (Lipinski definition) is 2. The summed E-state index contributed by atoms with van der Waals surface area (Å²) in [5.41, 5.74) is 0. The first-order valence-electron chi connectivity index (χ1n) is 2.95. The fraction of sp³-hybridized carbons (Fsp3) is 0.333.